The summed E-state index contributed by atoms with van der Waals surface area (Å²) in [6, 6.07) is 8.44. The normalized spacial score (nSPS) is 11.0. The first-order chi connectivity index (χ1) is 10.3. The van der Waals surface area contributed by atoms with E-state index >= 15 is 0 Å². The summed E-state index contributed by atoms with van der Waals surface area (Å²) < 4.78 is 5.67. The van der Waals surface area contributed by atoms with E-state index in [9.17, 15) is 0 Å². The van der Waals surface area contributed by atoms with Gasteiger partial charge in [0.15, 0.2) is 0 Å². The number of benzene rings is 1. The smallest absolute Gasteiger partial charge is 0.119 e. The number of nitrogens with one attached hydrogen (secondary N) is 1. The second-order valence-corrected chi connectivity index (χ2v) is 5.46. The third-order valence-electron chi connectivity index (χ3n) is 3.61. The summed E-state index contributed by atoms with van der Waals surface area (Å²) in [5, 5.41) is 3.51. The molecule has 0 aliphatic heterocycles. The summed E-state index contributed by atoms with van der Waals surface area (Å²) in [5.41, 5.74) is 1.32. The Balaban J connectivity index is 2.20. The van der Waals surface area contributed by atoms with Crippen LogP contribution in [0.1, 0.15) is 45.6 Å². The molecule has 0 aliphatic rings. The van der Waals surface area contributed by atoms with E-state index in [1.807, 2.05) is 0 Å². The van der Waals surface area contributed by atoms with Crippen molar-refractivity contribution >= 4 is 0 Å². The van der Waals surface area contributed by atoms with Crippen LogP contribution in [0, 0.1) is 0 Å². The third kappa shape index (κ3) is 8.08. The summed E-state index contributed by atoms with van der Waals surface area (Å²) in [7, 11) is 0. The predicted molar refractivity (Wildman–Crippen MR) is 91.0 cm³/mol. The van der Waals surface area contributed by atoms with E-state index in [0.29, 0.717) is 0 Å². The Kier molecular flexibility index (Phi) is 9.92. The Morgan fingerprint density at radius 3 is 2.38 bits per heavy atom. The number of ether oxygens (including phenoxy) is 1. The van der Waals surface area contributed by atoms with Crippen molar-refractivity contribution in [3.05, 3.63) is 29.8 Å². The Morgan fingerprint density at radius 1 is 1.00 bits per heavy atom. The average Bonchev–Trinajstić information content (AvgIpc) is 2.52. The molecule has 0 heterocycles. The van der Waals surface area contributed by atoms with Crippen LogP contribution in [0.15, 0.2) is 24.3 Å². The van der Waals surface area contributed by atoms with Crippen molar-refractivity contribution < 1.29 is 4.74 Å². The van der Waals surface area contributed by atoms with Crippen LogP contribution >= 0.6 is 0 Å². The molecule has 3 heteroatoms. The molecule has 0 radical (unpaired) electrons. The second kappa shape index (κ2) is 11.6. The highest BCUT2D eigenvalue weighted by Gasteiger charge is 2.00. The van der Waals surface area contributed by atoms with Gasteiger partial charge in [-0.05, 0) is 43.6 Å². The van der Waals surface area contributed by atoms with Crippen LogP contribution in [-0.2, 0) is 6.54 Å². The van der Waals surface area contributed by atoms with Gasteiger partial charge in [-0.1, -0.05) is 39.3 Å². The lowest BCUT2D eigenvalue weighted by Gasteiger charge is -2.19. The lowest BCUT2D eigenvalue weighted by molar-refractivity contribution is 0.287. The summed E-state index contributed by atoms with van der Waals surface area (Å²) >= 11 is 0. The monoisotopic (exact) mass is 292 g/mol. The van der Waals surface area contributed by atoms with E-state index in [1.165, 1.54) is 24.9 Å². The van der Waals surface area contributed by atoms with E-state index in [-0.39, 0.29) is 0 Å². The highest BCUT2D eigenvalue weighted by atomic mass is 16.5. The molecule has 0 saturated carbocycles. The van der Waals surface area contributed by atoms with Crippen LogP contribution in [-0.4, -0.2) is 37.7 Å². The molecule has 21 heavy (non-hydrogen) atoms. The molecule has 120 valence electrons. The number of hydrogen-bond donors (Lipinski definition) is 1. The van der Waals surface area contributed by atoms with Gasteiger partial charge >= 0.3 is 0 Å². The molecular formula is C18H32N2O. The van der Waals surface area contributed by atoms with Crippen LogP contribution in [0.4, 0.5) is 0 Å². The molecule has 0 atom stereocenters. The summed E-state index contributed by atoms with van der Waals surface area (Å²) in [4.78, 5) is 2.48. The van der Waals surface area contributed by atoms with E-state index in [1.54, 1.807) is 0 Å². The molecular weight excluding hydrogens is 260 g/mol. The van der Waals surface area contributed by atoms with Crippen LogP contribution in [0.3, 0.4) is 0 Å². The van der Waals surface area contributed by atoms with E-state index in [2.05, 4.69) is 55.3 Å². The van der Waals surface area contributed by atoms with Gasteiger partial charge in [0, 0.05) is 19.6 Å². The Bertz CT molecular complexity index is 351. The van der Waals surface area contributed by atoms with Crippen molar-refractivity contribution in [2.45, 2.75) is 46.6 Å². The van der Waals surface area contributed by atoms with Crippen molar-refractivity contribution in [2.24, 2.45) is 0 Å². The molecule has 0 amide bonds. The minimum Gasteiger partial charge on any atom is -0.494 e. The van der Waals surface area contributed by atoms with Crippen molar-refractivity contribution in [1.82, 2.24) is 10.2 Å². The highest BCUT2D eigenvalue weighted by molar-refractivity contribution is 5.27. The largest absolute Gasteiger partial charge is 0.494 e. The van der Waals surface area contributed by atoms with Gasteiger partial charge < -0.3 is 15.0 Å². The molecule has 0 bridgehead atoms. The zero-order valence-electron chi connectivity index (χ0n) is 14.0. The minimum atomic E-state index is 0.818. The van der Waals surface area contributed by atoms with Crippen LogP contribution in [0.2, 0.25) is 0 Å². The van der Waals surface area contributed by atoms with Crippen molar-refractivity contribution in [2.75, 3.05) is 32.8 Å². The zero-order chi connectivity index (χ0) is 15.3. The maximum absolute atomic E-state index is 5.67. The van der Waals surface area contributed by atoms with Gasteiger partial charge in [0.1, 0.15) is 5.75 Å². The maximum Gasteiger partial charge on any atom is 0.119 e. The molecule has 1 aromatic rings. The quantitative estimate of drug-likeness (QED) is 0.595. The third-order valence-corrected chi connectivity index (χ3v) is 3.61. The SMILES string of the molecule is CCCCOc1ccc(CNCCN(CC)CCC)cc1. The topological polar surface area (TPSA) is 24.5 Å². The number of nitrogens with zero attached hydrogens (tertiary/aromatic N) is 1. The van der Waals surface area contributed by atoms with Gasteiger partial charge in [-0.3, -0.25) is 0 Å². The van der Waals surface area contributed by atoms with Gasteiger partial charge in [-0.2, -0.15) is 0 Å². The summed E-state index contributed by atoms with van der Waals surface area (Å²) in [6.45, 7) is 12.9. The van der Waals surface area contributed by atoms with Gasteiger partial charge in [0.25, 0.3) is 0 Å². The first kappa shape index (κ1) is 18.0. The minimum absolute atomic E-state index is 0.818. The molecule has 0 fully saturated rings. The first-order valence-corrected chi connectivity index (χ1v) is 8.44. The van der Waals surface area contributed by atoms with Crippen molar-refractivity contribution in [3.63, 3.8) is 0 Å². The van der Waals surface area contributed by atoms with Gasteiger partial charge in [-0.25, -0.2) is 0 Å². The summed E-state index contributed by atoms with van der Waals surface area (Å²) in [6.07, 6.45) is 3.52. The van der Waals surface area contributed by atoms with E-state index < -0.39 is 0 Å². The van der Waals surface area contributed by atoms with Gasteiger partial charge in [0.2, 0.25) is 0 Å². The second-order valence-electron chi connectivity index (χ2n) is 5.46. The standard InChI is InChI=1S/C18H32N2O/c1-4-7-15-21-18-10-8-17(9-11-18)16-19-12-14-20(6-3)13-5-2/h8-11,19H,4-7,12-16H2,1-3H3. The number of hydrogen-bond acceptors (Lipinski definition) is 3. The van der Waals surface area contributed by atoms with Crippen molar-refractivity contribution in [3.8, 4) is 5.75 Å². The van der Waals surface area contributed by atoms with Gasteiger partial charge in [-0.15, -0.1) is 0 Å². The fourth-order valence-corrected chi connectivity index (χ4v) is 2.25. The fourth-order valence-electron chi connectivity index (χ4n) is 2.25. The zero-order valence-corrected chi connectivity index (χ0v) is 14.0. The Morgan fingerprint density at radius 2 is 1.76 bits per heavy atom. The van der Waals surface area contributed by atoms with Crippen molar-refractivity contribution in [1.29, 1.82) is 0 Å². The number of likely N-dealkylation sites (N-methyl/N-ethyl adjacent to an activating group) is 1. The molecule has 0 aromatic heterocycles. The fraction of sp³-hybridized carbons (Fsp3) is 0.667. The molecule has 0 unspecified atom stereocenters. The maximum atomic E-state index is 5.67. The molecule has 1 aromatic carbocycles. The lowest BCUT2D eigenvalue weighted by atomic mass is 10.2. The average molecular weight is 292 g/mol. The number of rotatable bonds is 12. The molecule has 3 nitrogen and oxygen atoms in total. The van der Waals surface area contributed by atoms with Gasteiger partial charge in [0.05, 0.1) is 6.61 Å². The molecule has 1 rings (SSSR count). The predicted octanol–water partition coefficient (Wildman–Crippen LogP) is 3.69. The lowest BCUT2D eigenvalue weighted by Crippen LogP contribution is -2.32. The summed E-state index contributed by atoms with van der Waals surface area (Å²) in [5.74, 6) is 0.979. The first-order valence-electron chi connectivity index (χ1n) is 8.44. The van der Waals surface area contributed by atoms with Crippen LogP contribution in [0.5, 0.6) is 5.75 Å². The molecule has 0 saturated heterocycles. The Hall–Kier alpha value is -1.06. The molecule has 1 N–H and O–H groups in total. The number of unbranched alkanes of at least 4 members (excludes halogenated alkanes) is 1. The van der Waals surface area contributed by atoms with E-state index in [0.717, 1.165) is 45.0 Å². The molecule has 0 spiro atoms. The van der Waals surface area contributed by atoms with Crippen LogP contribution < -0.4 is 10.1 Å². The van der Waals surface area contributed by atoms with Crippen LogP contribution in [0.25, 0.3) is 0 Å². The Labute approximate surface area is 130 Å². The highest BCUT2D eigenvalue weighted by Crippen LogP contribution is 2.12. The van der Waals surface area contributed by atoms with E-state index in [4.69, 9.17) is 4.74 Å². The molecule has 0 aliphatic carbocycles.